The van der Waals surface area contributed by atoms with Gasteiger partial charge in [-0.2, -0.15) is 0 Å². The molecule has 1 radical (unpaired) electrons. The van der Waals surface area contributed by atoms with Gasteiger partial charge in [-0.05, 0) is 66.2 Å². The molecule has 3 aromatic rings. The monoisotopic (exact) mass is 703 g/mol. The van der Waals surface area contributed by atoms with Crippen LogP contribution in [0.15, 0.2) is 54.3 Å². The Morgan fingerprint density at radius 3 is 2.38 bits per heavy atom. The van der Waals surface area contributed by atoms with Crippen LogP contribution in [0.5, 0.6) is 0 Å². The predicted octanol–water partition coefficient (Wildman–Crippen LogP) is 9.31. The standard InChI is InChI=1S/C24H24N.C11H20O2.Ir/c1-15-10-16(2)12-19(11-15)23-9-8-21-20(4-3-5-24(21)25-23)22-14-17-6-7-18(22)13-17;1-8(2)5-10(12)7-11(13)6-9(3)4;/h3-5,8-11,17-18,22H,6-7,13-14H2,1-2H3;7-9,12H,5-6H2,1-4H3;/q-1;;/b;10-7-;. The van der Waals surface area contributed by atoms with E-state index in [9.17, 15) is 9.90 Å². The van der Waals surface area contributed by atoms with Crippen LogP contribution < -0.4 is 0 Å². The van der Waals surface area contributed by atoms with E-state index in [-0.39, 0.29) is 31.6 Å². The summed E-state index contributed by atoms with van der Waals surface area (Å²) in [5, 5.41) is 10.7. The van der Waals surface area contributed by atoms with Crippen molar-refractivity contribution in [3.05, 3.63) is 77.1 Å². The number of carbonyl (C=O) groups is 1. The van der Waals surface area contributed by atoms with E-state index in [1.807, 2.05) is 27.7 Å². The Hall–Kier alpha value is -2.29. The first-order valence-electron chi connectivity index (χ1n) is 14.4. The number of rotatable bonds is 7. The molecule has 0 amide bonds. The number of carbonyl (C=O) groups excluding carboxylic acids is 1. The molecule has 3 atom stereocenters. The average molecular weight is 703 g/mol. The van der Waals surface area contributed by atoms with E-state index < -0.39 is 0 Å². The Morgan fingerprint density at radius 2 is 1.77 bits per heavy atom. The summed E-state index contributed by atoms with van der Waals surface area (Å²) in [7, 11) is 0. The summed E-state index contributed by atoms with van der Waals surface area (Å²) in [6.45, 7) is 12.2. The van der Waals surface area contributed by atoms with Crippen molar-refractivity contribution in [2.75, 3.05) is 0 Å². The van der Waals surface area contributed by atoms with Crippen LogP contribution in [0.4, 0.5) is 0 Å². The molecule has 211 valence electrons. The largest absolute Gasteiger partial charge is 0.512 e. The topological polar surface area (TPSA) is 50.2 Å². The third-order valence-corrected chi connectivity index (χ3v) is 7.88. The number of aryl methyl sites for hydroxylation is 2. The summed E-state index contributed by atoms with van der Waals surface area (Å²) < 4.78 is 0. The summed E-state index contributed by atoms with van der Waals surface area (Å²) in [6.07, 6.45) is 8.18. The molecule has 1 heterocycles. The predicted molar refractivity (Wildman–Crippen MR) is 158 cm³/mol. The van der Waals surface area contributed by atoms with Crippen LogP contribution in [0.1, 0.15) is 88.8 Å². The van der Waals surface area contributed by atoms with Crippen LogP contribution in [-0.4, -0.2) is 15.9 Å². The zero-order valence-electron chi connectivity index (χ0n) is 24.4. The van der Waals surface area contributed by atoms with Gasteiger partial charge < -0.3 is 5.11 Å². The first kappa shape index (κ1) is 31.2. The molecule has 1 aromatic heterocycles. The van der Waals surface area contributed by atoms with E-state index in [2.05, 4.69) is 62.4 Å². The quantitative estimate of drug-likeness (QED) is 0.152. The van der Waals surface area contributed by atoms with Gasteiger partial charge in [0.25, 0.3) is 0 Å². The summed E-state index contributed by atoms with van der Waals surface area (Å²) in [4.78, 5) is 16.2. The Bertz CT molecular complexity index is 1290. The van der Waals surface area contributed by atoms with Gasteiger partial charge in [0.15, 0.2) is 5.78 Å². The first-order valence-corrected chi connectivity index (χ1v) is 14.4. The van der Waals surface area contributed by atoms with Crippen LogP contribution in [-0.2, 0) is 24.9 Å². The smallest absolute Gasteiger partial charge is 0.159 e. The zero-order chi connectivity index (χ0) is 27.4. The number of pyridine rings is 1. The maximum absolute atomic E-state index is 11.2. The Kier molecular flexibility index (Phi) is 11.1. The van der Waals surface area contributed by atoms with Gasteiger partial charge in [-0.15, -0.1) is 34.9 Å². The molecule has 1 N–H and O–H groups in total. The number of fused-ring (bicyclic) bond motifs is 3. The average Bonchev–Trinajstić information content (AvgIpc) is 3.46. The maximum atomic E-state index is 11.2. The van der Waals surface area contributed by atoms with E-state index in [1.54, 1.807) is 0 Å². The molecule has 3 unspecified atom stereocenters. The number of aliphatic hydroxyl groups excluding tert-OH is 1. The van der Waals surface area contributed by atoms with Crippen molar-refractivity contribution in [1.82, 2.24) is 4.98 Å². The molecule has 0 aliphatic heterocycles. The molecule has 2 saturated carbocycles. The van der Waals surface area contributed by atoms with Crippen molar-refractivity contribution in [2.24, 2.45) is 23.7 Å². The SMILES string of the molecule is CC(C)CC(=O)/C=C(\O)CC(C)C.Cc1[c-]c(-c2ccc3c(C4CC5CCC4C5)cccc3n2)cc(C)c1.[Ir]. The van der Waals surface area contributed by atoms with Gasteiger partial charge in [0.2, 0.25) is 0 Å². The summed E-state index contributed by atoms with van der Waals surface area (Å²) in [6, 6.07) is 19.0. The second-order valence-electron chi connectivity index (χ2n) is 12.4. The fourth-order valence-corrected chi connectivity index (χ4v) is 6.44. The molecular formula is C35H44IrNO2-. The van der Waals surface area contributed by atoms with Gasteiger partial charge in [-0.25, -0.2) is 0 Å². The molecule has 39 heavy (non-hydrogen) atoms. The van der Waals surface area contributed by atoms with Crippen molar-refractivity contribution < 1.29 is 30.0 Å². The van der Waals surface area contributed by atoms with E-state index in [0.717, 1.165) is 34.5 Å². The molecule has 2 aliphatic carbocycles. The molecule has 0 spiro atoms. The van der Waals surface area contributed by atoms with Crippen LogP contribution in [0.25, 0.3) is 22.2 Å². The van der Waals surface area contributed by atoms with Crippen LogP contribution in [0, 0.1) is 43.6 Å². The van der Waals surface area contributed by atoms with Crippen molar-refractivity contribution >= 4 is 16.7 Å². The third-order valence-electron chi connectivity index (χ3n) is 7.88. The Morgan fingerprint density at radius 1 is 1.03 bits per heavy atom. The molecule has 3 nitrogen and oxygen atoms in total. The fraction of sp³-hybridized carbons (Fsp3) is 0.486. The number of allylic oxidation sites excluding steroid dienone is 2. The normalized spacial score (nSPS) is 20.2. The summed E-state index contributed by atoms with van der Waals surface area (Å²) in [5.74, 6) is 3.61. The van der Waals surface area contributed by atoms with Crippen molar-refractivity contribution in [1.29, 1.82) is 0 Å². The van der Waals surface area contributed by atoms with Gasteiger partial charge >= 0.3 is 0 Å². The van der Waals surface area contributed by atoms with Gasteiger partial charge in [-0.3, -0.25) is 9.78 Å². The maximum Gasteiger partial charge on any atom is 0.159 e. The third kappa shape index (κ3) is 8.35. The molecule has 2 aliphatic rings. The Labute approximate surface area is 248 Å². The zero-order valence-corrected chi connectivity index (χ0v) is 26.8. The Balaban J connectivity index is 0.000000260. The van der Waals surface area contributed by atoms with E-state index >= 15 is 0 Å². The fourth-order valence-electron chi connectivity index (χ4n) is 6.44. The van der Waals surface area contributed by atoms with Crippen LogP contribution >= 0.6 is 0 Å². The van der Waals surface area contributed by atoms with Crippen molar-refractivity contribution in [3.8, 4) is 11.3 Å². The van der Waals surface area contributed by atoms with Crippen molar-refractivity contribution in [3.63, 3.8) is 0 Å². The number of benzene rings is 2. The molecule has 2 bridgehead atoms. The summed E-state index contributed by atoms with van der Waals surface area (Å²) >= 11 is 0. The molecule has 5 rings (SSSR count). The number of hydrogen-bond donors (Lipinski definition) is 1. The van der Waals surface area contributed by atoms with Gasteiger partial charge in [0, 0.05) is 44.4 Å². The minimum absolute atomic E-state index is 0. The number of aliphatic hydroxyl groups is 1. The van der Waals surface area contributed by atoms with Gasteiger partial charge in [0.05, 0.1) is 11.3 Å². The van der Waals surface area contributed by atoms with Crippen LogP contribution in [0.2, 0.25) is 0 Å². The number of aromatic nitrogens is 1. The molecule has 2 aromatic carbocycles. The minimum atomic E-state index is 0. The number of ketones is 1. The van der Waals surface area contributed by atoms with Crippen molar-refractivity contribution in [2.45, 2.75) is 86.0 Å². The first-order chi connectivity index (χ1) is 18.1. The number of nitrogens with zero attached hydrogens (tertiary/aromatic N) is 1. The molecular weight excluding hydrogens is 659 g/mol. The van der Waals surface area contributed by atoms with Crippen LogP contribution in [0.3, 0.4) is 0 Å². The molecule has 2 fully saturated rings. The second-order valence-corrected chi connectivity index (χ2v) is 12.4. The minimum Gasteiger partial charge on any atom is -0.512 e. The van der Waals surface area contributed by atoms with E-state index in [1.165, 1.54) is 53.8 Å². The van der Waals surface area contributed by atoms with Gasteiger partial charge in [0.1, 0.15) is 0 Å². The molecule has 0 saturated heterocycles. The summed E-state index contributed by atoms with van der Waals surface area (Å²) in [5.41, 5.74) is 7.24. The van der Waals surface area contributed by atoms with E-state index in [0.29, 0.717) is 24.7 Å². The second kappa shape index (κ2) is 13.9. The number of hydrogen-bond acceptors (Lipinski definition) is 3. The van der Waals surface area contributed by atoms with E-state index in [4.69, 9.17) is 4.98 Å². The van der Waals surface area contributed by atoms with Gasteiger partial charge in [-0.1, -0.05) is 72.2 Å². The molecule has 4 heteroatoms.